The molecule has 0 fully saturated rings. The highest BCUT2D eigenvalue weighted by atomic mass is 35.5. The molecular weight excluding hydrogens is 425 g/mol. The molecule has 0 aliphatic carbocycles. The van der Waals surface area contributed by atoms with E-state index in [4.69, 9.17) is 27.9 Å². The van der Waals surface area contributed by atoms with Crippen LogP contribution in [0.15, 0.2) is 72.8 Å². The average molecular weight is 451 g/mol. The largest absolute Gasteiger partial charge is 0.489 e. The van der Waals surface area contributed by atoms with E-state index in [2.05, 4.69) is 42.6 Å². The van der Waals surface area contributed by atoms with Gasteiger partial charge in [0.1, 0.15) is 12.4 Å². The van der Waals surface area contributed by atoms with Crippen LogP contribution in [0.1, 0.15) is 30.0 Å². The molecule has 0 bridgehead atoms. The van der Waals surface area contributed by atoms with Gasteiger partial charge in [-0.15, -0.1) is 12.4 Å². The fourth-order valence-corrected chi connectivity index (χ4v) is 3.30. The molecule has 0 saturated carbocycles. The van der Waals surface area contributed by atoms with Gasteiger partial charge in [-0.05, 0) is 61.2 Å². The van der Waals surface area contributed by atoms with Crippen molar-refractivity contribution in [2.45, 2.75) is 39.0 Å². The first-order valence-electron chi connectivity index (χ1n) is 9.53. The van der Waals surface area contributed by atoms with Crippen molar-refractivity contribution in [1.82, 2.24) is 5.32 Å². The van der Waals surface area contributed by atoms with Crippen molar-refractivity contribution >= 4 is 35.6 Å². The van der Waals surface area contributed by atoms with Crippen LogP contribution in [0.2, 0.25) is 10.0 Å². The molecule has 5 heteroatoms. The summed E-state index contributed by atoms with van der Waals surface area (Å²) >= 11 is 12.2. The smallest absolute Gasteiger partial charge is 0.124 e. The Hall–Kier alpha value is -1.71. The Morgan fingerprint density at radius 1 is 0.862 bits per heavy atom. The van der Waals surface area contributed by atoms with Crippen LogP contribution in [0, 0.1) is 0 Å². The van der Waals surface area contributed by atoms with E-state index in [0.29, 0.717) is 24.2 Å². The van der Waals surface area contributed by atoms with Gasteiger partial charge in [-0.2, -0.15) is 0 Å². The van der Waals surface area contributed by atoms with Crippen LogP contribution >= 0.6 is 35.6 Å². The van der Waals surface area contributed by atoms with Crippen molar-refractivity contribution in [2.75, 3.05) is 0 Å². The normalized spacial score (nSPS) is 11.6. The van der Waals surface area contributed by atoms with Gasteiger partial charge in [-0.1, -0.05) is 65.7 Å². The molecule has 0 aromatic heterocycles. The molecule has 0 amide bonds. The number of rotatable bonds is 9. The molecule has 0 radical (unpaired) electrons. The van der Waals surface area contributed by atoms with Crippen molar-refractivity contribution in [3.05, 3.63) is 99.5 Å². The quantitative estimate of drug-likeness (QED) is 0.375. The first kappa shape index (κ1) is 23.6. The van der Waals surface area contributed by atoms with E-state index in [1.54, 1.807) is 0 Å². The third kappa shape index (κ3) is 7.91. The van der Waals surface area contributed by atoms with Gasteiger partial charge in [0.15, 0.2) is 0 Å². The van der Waals surface area contributed by atoms with E-state index in [9.17, 15) is 0 Å². The summed E-state index contributed by atoms with van der Waals surface area (Å²) in [6.45, 7) is 3.42. The lowest BCUT2D eigenvalue weighted by Crippen LogP contribution is -2.26. The number of hydrogen-bond donors (Lipinski definition) is 1. The van der Waals surface area contributed by atoms with Crippen LogP contribution in [-0.2, 0) is 19.6 Å². The Morgan fingerprint density at radius 3 is 2.28 bits per heavy atom. The maximum atomic E-state index is 6.21. The molecule has 2 nitrogen and oxygen atoms in total. The lowest BCUT2D eigenvalue weighted by atomic mass is 10.1. The second-order valence-corrected chi connectivity index (χ2v) is 7.85. The summed E-state index contributed by atoms with van der Waals surface area (Å²) in [6, 6.07) is 24.4. The van der Waals surface area contributed by atoms with Crippen LogP contribution < -0.4 is 10.1 Å². The van der Waals surface area contributed by atoms with E-state index in [-0.39, 0.29) is 12.4 Å². The molecule has 1 atom stereocenters. The molecule has 1 N–H and O–H groups in total. The van der Waals surface area contributed by atoms with Gasteiger partial charge in [0.25, 0.3) is 0 Å². The fourth-order valence-electron chi connectivity index (χ4n) is 2.98. The minimum absolute atomic E-state index is 0. The first-order valence-corrected chi connectivity index (χ1v) is 10.3. The van der Waals surface area contributed by atoms with Gasteiger partial charge < -0.3 is 10.1 Å². The molecule has 0 aliphatic heterocycles. The molecule has 3 aromatic rings. The lowest BCUT2D eigenvalue weighted by Gasteiger charge is -2.17. The fraction of sp³-hybridized carbons (Fsp3) is 0.250. The second kappa shape index (κ2) is 12.1. The van der Waals surface area contributed by atoms with Crippen LogP contribution in [0.3, 0.4) is 0 Å². The highest BCUT2D eigenvalue weighted by Crippen LogP contribution is 2.24. The van der Waals surface area contributed by atoms with Crippen LogP contribution in [0.5, 0.6) is 5.75 Å². The van der Waals surface area contributed by atoms with Gasteiger partial charge in [-0.25, -0.2) is 0 Å². The molecule has 29 heavy (non-hydrogen) atoms. The highest BCUT2D eigenvalue weighted by Gasteiger charge is 2.08. The van der Waals surface area contributed by atoms with Crippen LogP contribution in [0.4, 0.5) is 0 Å². The molecular formula is C24H26Cl3NO. The second-order valence-electron chi connectivity index (χ2n) is 6.97. The molecule has 3 rings (SSSR count). The van der Waals surface area contributed by atoms with Crippen LogP contribution in [-0.4, -0.2) is 6.04 Å². The number of ether oxygens (including phenoxy) is 1. The maximum Gasteiger partial charge on any atom is 0.124 e. The predicted molar refractivity (Wildman–Crippen MR) is 126 cm³/mol. The first-order chi connectivity index (χ1) is 13.6. The van der Waals surface area contributed by atoms with Crippen molar-refractivity contribution in [3.63, 3.8) is 0 Å². The molecule has 154 valence electrons. The van der Waals surface area contributed by atoms with E-state index < -0.39 is 0 Å². The molecule has 0 aliphatic rings. The Bertz CT molecular complexity index is 869. The van der Waals surface area contributed by atoms with Crippen LogP contribution in [0.25, 0.3) is 0 Å². The Balaban J connectivity index is 0.00000300. The van der Waals surface area contributed by atoms with E-state index in [0.717, 1.165) is 34.7 Å². The van der Waals surface area contributed by atoms with E-state index in [1.165, 1.54) is 5.56 Å². The van der Waals surface area contributed by atoms with Crippen molar-refractivity contribution < 1.29 is 4.74 Å². The zero-order valence-corrected chi connectivity index (χ0v) is 18.7. The van der Waals surface area contributed by atoms with Crippen molar-refractivity contribution in [3.8, 4) is 5.75 Å². The number of halogens is 3. The summed E-state index contributed by atoms with van der Waals surface area (Å²) in [5, 5.41) is 5.03. The monoisotopic (exact) mass is 449 g/mol. The topological polar surface area (TPSA) is 21.3 Å². The Labute approximate surface area is 189 Å². The number of benzene rings is 3. The molecule has 0 spiro atoms. The average Bonchev–Trinajstić information content (AvgIpc) is 2.72. The maximum absolute atomic E-state index is 6.21. The molecule has 1 unspecified atom stereocenters. The summed E-state index contributed by atoms with van der Waals surface area (Å²) in [5.74, 6) is 0.849. The predicted octanol–water partition coefficient (Wildman–Crippen LogP) is 7.11. The summed E-state index contributed by atoms with van der Waals surface area (Å²) in [5.41, 5.74) is 3.51. The number of aryl methyl sites for hydroxylation is 1. The highest BCUT2D eigenvalue weighted by molar-refractivity contribution is 6.30. The summed E-state index contributed by atoms with van der Waals surface area (Å²) in [7, 11) is 0. The summed E-state index contributed by atoms with van der Waals surface area (Å²) in [6.07, 6.45) is 2.13. The Kier molecular flexibility index (Phi) is 9.83. The van der Waals surface area contributed by atoms with Gasteiger partial charge in [-0.3, -0.25) is 0 Å². The van der Waals surface area contributed by atoms with Gasteiger partial charge in [0.05, 0.1) is 0 Å². The van der Waals surface area contributed by atoms with Crippen molar-refractivity contribution in [1.29, 1.82) is 0 Å². The third-order valence-corrected chi connectivity index (χ3v) is 5.17. The standard InChI is InChI=1S/C24H25Cl2NO.ClH/c1-18(7-8-19-5-3-2-4-6-19)27-16-21-15-23(26)13-14-24(21)28-17-20-9-11-22(25)12-10-20;/h2-6,9-15,18,27H,7-8,16-17H2,1H3;1H. The SMILES string of the molecule is CC(CCc1ccccc1)NCc1cc(Cl)ccc1OCc1ccc(Cl)cc1.Cl. The van der Waals surface area contributed by atoms with E-state index in [1.807, 2.05) is 42.5 Å². The number of hydrogen-bond acceptors (Lipinski definition) is 2. The minimum Gasteiger partial charge on any atom is -0.489 e. The van der Waals surface area contributed by atoms with Gasteiger partial charge in [0.2, 0.25) is 0 Å². The van der Waals surface area contributed by atoms with Gasteiger partial charge >= 0.3 is 0 Å². The summed E-state index contributed by atoms with van der Waals surface area (Å²) in [4.78, 5) is 0. The molecule has 3 aromatic carbocycles. The van der Waals surface area contributed by atoms with E-state index >= 15 is 0 Å². The zero-order chi connectivity index (χ0) is 19.8. The lowest BCUT2D eigenvalue weighted by molar-refractivity contribution is 0.301. The summed E-state index contributed by atoms with van der Waals surface area (Å²) < 4.78 is 6.04. The zero-order valence-electron chi connectivity index (χ0n) is 16.4. The molecule has 0 saturated heterocycles. The molecule has 0 heterocycles. The van der Waals surface area contributed by atoms with Crippen molar-refractivity contribution in [2.24, 2.45) is 0 Å². The Morgan fingerprint density at radius 2 is 1.55 bits per heavy atom. The third-order valence-electron chi connectivity index (χ3n) is 4.68. The number of nitrogens with one attached hydrogen (secondary N) is 1. The van der Waals surface area contributed by atoms with Gasteiger partial charge in [0, 0.05) is 28.2 Å². The minimum atomic E-state index is 0.